The predicted octanol–water partition coefficient (Wildman–Crippen LogP) is 4.60. The average molecular weight is 260 g/mol. The summed E-state index contributed by atoms with van der Waals surface area (Å²) >= 11 is 0. The Bertz CT molecular complexity index is 414. The van der Waals surface area contributed by atoms with E-state index in [0.29, 0.717) is 17.1 Å². The van der Waals surface area contributed by atoms with Crippen molar-refractivity contribution in [1.82, 2.24) is 0 Å². The molecule has 0 aliphatic heterocycles. The van der Waals surface area contributed by atoms with Crippen molar-refractivity contribution in [3.05, 3.63) is 0 Å². The summed E-state index contributed by atoms with van der Waals surface area (Å²) in [6, 6.07) is 0. The van der Waals surface area contributed by atoms with Gasteiger partial charge in [-0.2, -0.15) is 0 Å². The lowest BCUT2D eigenvalue weighted by molar-refractivity contribution is -0.157. The van der Waals surface area contributed by atoms with Crippen LogP contribution in [0.25, 0.3) is 0 Å². The van der Waals surface area contributed by atoms with Gasteiger partial charge in [-0.3, -0.25) is 4.79 Å². The van der Waals surface area contributed by atoms with Gasteiger partial charge in [0.25, 0.3) is 0 Å². The molecule has 0 aromatic carbocycles. The van der Waals surface area contributed by atoms with Crippen LogP contribution in [0.4, 0.5) is 0 Å². The van der Waals surface area contributed by atoms with E-state index in [1.54, 1.807) is 0 Å². The smallest absolute Gasteiger partial charge is 0.142 e. The van der Waals surface area contributed by atoms with E-state index in [0.717, 1.165) is 17.8 Å². The summed E-state index contributed by atoms with van der Waals surface area (Å²) in [7, 11) is 0. The molecule has 4 fully saturated rings. The van der Waals surface area contributed by atoms with E-state index in [1.165, 1.54) is 57.8 Å². The number of carbonyl (C=O) groups excluding carboxylic acids is 1. The average Bonchev–Trinajstić information content (AvgIpc) is 2.75. The maximum absolute atomic E-state index is 12.8. The molecule has 0 spiro atoms. The minimum atomic E-state index is 0.0652. The molecule has 0 heterocycles. The third-order valence-corrected chi connectivity index (χ3v) is 7.78. The first-order valence-electron chi connectivity index (χ1n) is 8.59. The van der Waals surface area contributed by atoms with E-state index in [1.807, 2.05) is 0 Å². The second-order valence-electron chi connectivity index (χ2n) is 8.57. The molecule has 4 saturated carbocycles. The lowest BCUT2D eigenvalue weighted by Crippen LogP contribution is -2.55. The number of carbonyl (C=O) groups is 1. The molecule has 0 N–H and O–H groups in total. The number of hydrogen-bond acceptors (Lipinski definition) is 1. The van der Waals surface area contributed by atoms with Crippen molar-refractivity contribution in [2.75, 3.05) is 0 Å². The summed E-state index contributed by atoms with van der Waals surface area (Å²) in [5, 5.41) is 0. The van der Waals surface area contributed by atoms with Crippen LogP contribution < -0.4 is 0 Å². The minimum absolute atomic E-state index is 0.0652. The summed E-state index contributed by atoms with van der Waals surface area (Å²) in [6.45, 7) is 4.88. The van der Waals surface area contributed by atoms with Crippen LogP contribution in [0.3, 0.4) is 0 Å². The van der Waals surface area contributed by atoms with Crippen LogP contribution in [0, 0.1) is 34.5 Å². The summed E-state index contributed by atoms with van der Waals surface area (Å²) < 4.78 is 0. The molecule has 19 heavy (non-hydrogen) atoms. The highest BCUT2D eigenvalue weighted by Gasteiger charge is 2.59. The highest BCUT2D eigenvalue weighted by atomic mass is 16.1. The Morgan fingerprint density at radius 2 is 1.74 bits per heavy atom. The second kappa shape index (κ2) is 3.86. The Balaban J connectivity index is 1.72. The summed E-state index contributed by atoms with van der Waals surface area (Å²) in [6.07, 6.45) is 12.0. The number of rotatable bonds is 0. The molecule has 4 aliphatic carbocycles. The van der Waals surface area contributed by atoms with Crippen molar-refractivity contribution in [1.29, 1.82) is 0 Å². The zero-order valence-electron chi connectivity index (χ0n) is 12.6. The Morgan fingerprint density at radius 3 is 2.58 bits per heavy atom. The lowest BCUT2D eigenvalue weighted by Gasteiger charge is -2.58. The van der Waals surface area contributed by atoms with Gasteiger partial charge in [0.1, 0.15) is 5.78 Å². The Morgan fingerprint density at radius 1 is 0.947 bits per heavy atom. The van der Waals surface area contributed by atoms with Gasteiger partial charge in [0.15, 0.2) is 0 Å². The third kappa shape index (κ3) is 1.51. The van der Waals surface area contributed by atoms with Crippen LogP contribution in [0.5, 0.6) is 0 Å². The normalized spacial score (nSPS) is 56.6. The van der Waals surface area contributed by atoms with Crippen LogP contribution in [0.2, 0.25) is 0 Å². The number of Topliss-reactive ketones (excluding diaryl/α,β-unsaturated/α-hetero) is 1. The maximum atomic E-state index is 12.8. The molecule has 0 amide bonds. The molecule has 1 heteroatoms. The molecule has 0 aromatic rings. The van der Waals surface area contributed by atoms with Crippen LogP contribution in [0.15, 0.2) is 0 Å². The van der Waals surface area contributed by atoms with Crippen molar-refractivity contribution in [3.63, 3.8) is 0 Å². The molecule has 4 rings (SSSR count). The lowest BCUT2D eigenvalue weighted by atomic mass is 9.45. The van der Waals surface area contributed by atoms with Gasteiger partial charge in [0.2, 0.25) is 0 Å². The molecule has 1 nitrogen and oxygen atoms in total. The van der Waals surface area contributed by atoms with E-state index < -0.39 is 0 Å². The molecular formula is C18H28O. The quantitative estimate of drug-likeness (QED) is 0.622. The van der Waals surface area contributed by atoms with Gasteiger partial charge in [-0.05, 0) is 68.1 Å². The van der Waals surface area contributed by atoms with Gasteiger partial charge >= 0.3 is 0 Å². The standard InChI is InChI=1S/C18H28O/c1-17-8-4-6-14(17)13-11-12-5-3-9-18(2,16(12)19)15(13)7-10-17/h12-15H,3-11H2,1-2H3/t12-,13-,14-,15+,17-,18-/m1/s1. The monoisotopic (exact) mass is 260 g/mol. The minimum Gasteiger partial charge on any atom is -0.299 e. The number of fused-ring (bicyclic) bond motifs is 6. The maximum Gasteiger partial charge on any atom is 0.142 e. The zero-order chi connectivity index (χ0) is 13.3. The zero-order valence-corrected chi connectivity index (χ0v) is 12.6. The molecule has 0 saturated heterocycles. The fourth-order valence-corrected chi connectivity index (χ4v) is 6.76. The predicted molar refractivity (Wildman–Crippen MR) is 76.7 cm³/mol. The fourth-order valence-electron chi connectivity index (χ4n) is 6.76. The van der Waals surface area contributed by atoms with E-state index >= 15 is 0 Å². The van der Waals surface area contributed by atoms with Gasteiger partial charge in [0.05, 0.1) is 0 Å². The molecule has 0 unspecified atom stereocenters. The molecule has 4 aliphatic rings. The second-order valence-corrected chi connectivity index (χ2v) is 8.57. The van der Waals surface area contributed by atoms with Gasteiger partial charge in [-0.15, -0.1) is 0 Å². The largest absolute Gasteiger partial charge is 0.299 e. The first kappa shape index (κ1) is 12.4. The third-order valence-electron chi connectivity index (χ3n) is 7.78. The molecular weight excluding hydrogens is 232 g/mol. The van der Waals surface area contributed by atoms with Crippen LogP contribution in [-0.2, 0) is 4.79 Å². The molecule has 106 valence electrons. The van der Waals surface area contributed by atoms with E-state index in [-0.39, 0.29) is 5.41 Å². The molecule has 2 bridgehead atoms. The molecule has 0 radical (unpaired) electrons. The molecule has 0 aromatic heterocycles. The van der Waals surface area contributed by atoms with Gasteiger partial charge < -0.3 is 0 Å². The summed E-state index contributed by atoms with van der Waals surface area (Å²) in [5.41, 5.74) is 0.696. The number of hydrogen-bond donors (Lipinski definition) is 0. The van der Waals surface area contributed by atoms with Gasteiger partial charge in [-0.25, -0.2) is 0 Å². The van der Waals surface area contributed by atoms with Crippen LogP contribution >= 0.6 is 0 Å². The first-order chi connectivity index (χ1) is 9.05. The van der Waals surface area contributed by atoms with Crippen molar-refractivity contribution in [3.8, 4) is 0 Å². The Kier molecular flexibility index (Phi) is 2.52. The highest BCUT2D eigenvalue weighted by Crippen LogP contribution is 2.64. The summed E-state index contributed by atoms with van der Waals surface area (Å²) in [5.74, 6) is 3.64. The van der Waals surface area contributed by atoms with Crippen molar-refractivity contribution < 1.29 is 4.79 Å². The first-order valence-corrected chi connectivity index (χ1v) is 8.59. The van der Waals surface area contributed by atoms with Crippen LogP contribution in [0.1, 0.15) is 71.6 Å². The van der Waals surface area contributed by atoms with E-state index in [4.69, 9.17) is 0 Å². The fraction of sp³-hybridized carbons (Fsp3) is 0.944. The van der Waals surface area contributed by atoms with Crippen molar-refractivity contribution >= 4 is 5.78 Å². The van der Waals surface area contributed by atoms with E-state index in [2.05, 4.69) is 13.8 Å². The SMILES string of the molecule is C[C@]12CCC[C@@H]1[C@H]1C[C@H]3CCC[C@@](C)(C3=O)[C@H]1CC2. The van der Waals surface area contributed by atoms with Gasteiger partial charge in [-0.1, -0.05) is 26.7 Å². The Labute approximate surface area is 117 Å². The summed E-state index contributed by atoms with van der Waals surface area (Å²) in [4.78, 5) is 12.8. The highest BCUT2D eigenvalue weighted by molar-refractivity contribution is 5.88. The van der Waals surface area contributed by atoms with Gasteiger partial charge in [0, 0.05) is 11.3 Å². The van der Waals surface area contributed by atoms with Crippen molar-refractivity contribution in [2.45, 2.75) is 71.6 Å². The van der Waals surface area contributed by atoms with E-state index in [9.17, 15) is 4.79 Å². The van der Waals surface area contributed by atoms with Crippen molar-refractivity contribution in [2.24, 2.45) is 34.5 Å². The number of ketones is 1. The Hall–Kier alpha value is -0.330. The van der Waals surface area contributed by atoms with Crippen LogP contribution in [-0.4, -0.2) is 5.78 Å². The molecule has 6 atom stereocenters. The topological polar surface area (TPSA) is 17.1 Å².